The summed E-state index contributed by atoms with van der Waals surface area (Å²) in [6, 6.07) is 8.03. The summed E-state index contributed by atoms with van der Waals surface area (Å²) in [5, 5.41) is 2.96. The maximum atomic E-state index is 12.3. The van der Waals surface area contributed by atoms with Crippen LogP contribution in [-0.4, -0.2) is 44.8 Å². The number of nitrogens with one attached hydrogen (secondary N) is 1. The van der Waals surface area contributed by atoms with Gasteiger partial charge >= 0.3 is 0 Å². The lowest BCUT2D eigenvalue weighted by molar-refractivity contribution is -0.122. The Balaban J connectivity index is 2.01. The van der Waals surface area contributed by atoms with Gasteiger partial charge in [0.05, 0.1) is 0 Å². The van der Waals surface area contributed by atoms with E-state index in [9.17, 15) is 4.79 Å². The number of carbonyl (C=O) groups excluding carboxylic acids is 1. The van der Waals surface area contributed by atoms with Crippen molar-refractivity contribution in [1.29, 1.82) is 0 Å². The van der Waals surface area contributed by atoms with Gasteiger partial charge in [-0.2, -0.15) is 0 Å². The third kappa shape index (κ3) is 3.95. The Kier molecular flexibility index (Phi) is 5.59. The lowest BCUT2D eigenvalue weighted by Crippen LogP contribution is -2.52. The summed E-state index contributed by atoms with van der Waals surface area (Å²) in [5.41, 5.74) is 8.47. The van der Waals surface area contributed by atoms with Crippen molar-refractivity contribution >= 4 is 11.6 Å². The van der Waals surface area contributed by atoms with E-state index >= 15 is 0 Å². The average molecular weight is 291 g/mol. The summed E-state index contributed by atoms with van der Waals surface area (Å²) in [6.07, 6.45) is 1.69. The summed E-state index contributed by atoms with van der Waals surface area (Å²) in [5.74, 6) is 0.0370. The highest BCUT2D eigenvalue weighted by Gasteiger charge is 2.28. The molecule has 0 aliphatic carbocycles. The Morgan fingerprint density at radius 2 is 2.29 bits per heavy atom. The number of nitrogens with zero attached hydrogens (tertiary/aromatic N) is 1. The first kappa shape index (κ1) is 15.8. The van der Waals surface area contributed by atoms with Crippen LogP contribution in [0.4, 0.5) is 5.69 Å². The number of hydrogen-bond acceptors (Lipinski definition) is 4. The van der Waals surface area contributed by atoms with Crippen molar-refractivity contribution in [3.05, 3.63) is 29.8 Å². The molecule has 0 fully saturated rings. The zero-order valence-corrected chi connectivity index (χ0v) is 12.8. The largest absolute Gasteiger partial charge is 0.385 e. The van der Waals surface area contributed by atoms with Crippen molar-refractivity contribution in [2.45, 2.75) is 31.8 Å². The highest BCUT2D eigenvalue weighted by molar-refractivity contribution is 5.85. The van der Waals surface area contributed by atoms with Crippen LogP contribution in [0.25, 0.3) is 0 Å². The van der Waals surface area contributed by atoms with Gasteiger partial charge in [-0.3, -0.25) is 4.79 Å². The first-order valence-corrected chi connectivity index (χ1v) is 7.50. The Bertz CT molecular complexity index is 478. The first-order valence-electron chi connectivity index (χ1n) is 7.50. The number of nitrogens with two attached hydrogens (primary N) is 1. The highest BCUT2D eigenvalue weighted by atomic mass is 16.5. The van der Waals surface area contributed by atoms with E-state index in [4.69, 9.17) is 10.5 Å². The molecule has 2 unspecified atom stereocenters. The molecule has 0 saturated carbocycles. The Morgan fingerprint density at radius 3 is 3.05 bits per heavy atom. The summed E-state index contributed by atoms with van der Waals surface area (Å²) in [6.45, 7) is 3.94. The molecular formula is C16H25N3O2. The van der Waals surface area contributed by atoms with E-state index in [2.05, 4.69) is 22.3 Å². The molecule has 1 aromatic rings. The van der Waals surface area contributed by atoms with E-state index < -0.39 is 0 Å². The minimum Gasteiger partial charge on any atom is -0.385 e. The number of ether oxygens (including phenoxy) is 1. The van der Waals surface area contributed by atoms with E-state index in [1.165, 1.54) is 5.56 Å². The third-order valence-corrected chi connectivity index (χ3v) is 3.89. The topological polar surface area (TPSA) is 67.6 Å². The van der Waals surface area contributed by atoms with E-state index in [-0.39, 0.29) is 18.0 Å². The van der Waals surface area contributed by atoms with Crippen LogP contribution in [-0.2, 0) is 16.0 Å². The van der Waals surface area contributed by atoms with Gasteiger partial charge in [0.2, 0.25) is 5.91 Å². The van der Waals surface area contributed by atoms with Crippen LogP contribution < -0.4 is 16.0 Å². The predicted octanol–water partition coefficient (Wildman–Crippen LogP) is 0.918. The summed E-state index contributed by atoms with van der Waals surface area (Å²) in [7, 11) is 1.66. The van der Waals surface area contributed by atoms with Crippen molar-refractivity contribution in [2.75, 3.05) is 31.7 Å². The number of para-hydroxylation sites is 1. The number of benzene rings is 1. The van der Waals surface area contributed by atoms with Crippen molar-refractivity contribution in [1.82, 2.24) is 5.32 Å². The number of fused-ring (bicyclic) bond motifs is 1. The van der Waals surface area contributed by atoms with Crippen molar-refractivity contribution in [2.24, 2.45) is 5.73 Å². The lowest BCUT2D eigenvalue weighted by Gasteiger charge is -2.38. The number of hydrogen-bond donors (Lipinski definition) is 2. The van der Waals surface area contributed by atoms with Crippen LogP contribution in [0.1, 0.15) is 18.9 Å². The van der Waals surface area contributed by atoms with Crippen LogP contribution in [0, 0.1) is 0 Å². The Morgan fingerprint density at radius 1 is 1.52 bits per heavy atom. The fourth-order valence-electron chi connectivity index (χ4n) is 2.75. The summed E-state index contributed by atoms with van der Waals surface area (Å²) < 4.78 is 4.98. The Hall–Kier alpha value is -1.59. The van der Waals surface area contributed by atoms with Crippen LogP contribution in [0.3, 0.4) is 0 Å². The molecular weight excluding hydrogens is 266 g/mol. The monoisotopic (exact) mass is 291 g/mol. The molecule has 1 heterocycles. The van der Waals surface area contributed by atoms with Crippen LogP contribution in [0.2, 0.25) is 0 Å². The number of rotatable bonds is 6. The molecule has 3 N–H and O–H groups in total. The van der Waals surface area contributed by atoms with Gasteiger partial charge in [0, 0.05) is 38.5 Å². The zero-order chi connectivity index (χ0) is 15.2. The minimum atomic E-state index is -0.222. The molecule has 2 rings (SSSR count). The number of amides is 1. The molecule has 0 spiro atoms. The van der Waals surface area contributed by atoms with E-state index in [1.54, 1.807) is 7.11 Å². The molecule has 5 heteroatoms. The van der Waals surface area contributed by atoms with Crippen molar-refractivity contribution in [3.8, 4) is 0 Å². The average Bonchev–Trinajstić information content (AvgIpc) is 2.49. The minimum absolute atomic E-state index is 0.0370. The fourth-order valence-corrected chi connectivity index (χ4v) is 2.75. The van der Waals surface area contributed by atoms with Gasteiger partial charge in [0.1, 0.15) is 6.04 Å². The molecule has 116 valence electrons. The Labute approximate surface area is 126 Å². The molecule has 0 bridgehead atoms. The smallest absolute Gasteiger partial charge is 0.242 e. The number of carbonyl (C=O) groups is 1. The summed E-state index contributed by atoms with van der Waals surface area (Å²) >= 11 is 0. The third-order valence-electron chi connectivity index (χ3n) is 3.89. The van der Waals surface area contributed by atoms with E-state index in [0.29, 0.717) is 19.7 Å². The summed E-state index contributed by atoms with van der Waals surface area (Å²) in [4.78, 5) is 14.4. The second-order valence-corrected chi connectivity index (χ2v) is 5.56. The predicted molar refractivity (Wildman–Crippen MR) is 84.4 cm³/mol. The molecule has 0 saturated heterocycles. The maximum absolute atomic E-state index is 12.3. The molecule has 0 radical (unpaired) electrons. The second-order valence-electron chi connectivity index (χ2n) is 5.56. The van der Waals surface area contributed by atoms with Crippen LogP contribution in [0.5, 0.6) is 0 Å². The van der Waals surface area contributed by atoms with Gasteiger partial charge in [-0.25, -0.2) is 0 Å². The molecule has 2 atom stereocenters. The molecule has 1 aromatic carbocycles. The molecule has 1 aliphatic heterocycles. The van der Waals surface area contributed by atoms with Crippen LogP contribution >= 0.6 is 0 Å². The standard InChI is InChI=1S/C16H25N3O2/c1-12(16(20)18-8-5-9-21-2)19-11-14(17)10-13-6-3-4-7-15(13)19/h3-4,6-7,12,14H,5,8-11,17H2,1-2H3,(H,18,20). The van der Waals surface area contributed by atoms with Gasteiger partial charge in [-0.05, 0) is 31.4 Å². The first-order chi connectivity index (χ1) is 10.1. The quantitative estimate of drug-likeness (QED) is 0.765. The molecule has 0 aromatic heterocycles. The highest BCUT2D eigenvalue weighted by Crippen LogP contribution is 2.28. The number of methoxy groups -OCH3 is 1. The zero-order valence-electron chi connectivity index (χ0n) is 12.8. The molecule has 1 amide bonds. The van der Waals surface area contributed by atoms with Gasteiger partial charge in [-0.15, -0.1) is 0 Å². The SMILES string of the molecule is COCCCNC(=O)C(C)N1CC(N)Cc2ccccc21. The van der Waals surface area contributed by atoms with Crippen molar-refractivity contribution < 1.29 is 9.53 Å². The molecule has 1 aliphatic rings. The normalized spacial score (nSPS) is 19.0. The van der Waals surface area contributed by atoms with Crippen LogP contribution in [0.15, 0.2) is 24.3 Å². The second kappa shape index (κ2) is 7.43. The number of anilines is 1. The molecule has 5 nitrogen and oxygen atoms in total. The van der Waals surface area contributed by atoms with Gasteiger partial charge < -0.3 is 20.7 Å². The fraction of sp³-hybridized carbons (Fsp3) is 0.562. The van der Waals surface area contributed by atoms with E-state index in [1.807, 2.05) is 19.1 Å². The van der Waals surface area contributed by atoms with Crippen molar-refractivity contribution in [3.63, 3.8) is 0 Å². The molecule has 21 heavy (non-hydrogen) atoms. The van der Waals surface area contributed by atoms with Gasteiger partial charge in [0.25, 0.3) is 0 Å². The maximum Gasteiger partial charge on any atom is 0.242 e. The van der Waals surface area contributed by atoms with Gasteiger partial charge in [0.15, 0.2) is 0 Å². The van der Waals surface area contributed by atoms with E-state index in [0.717, 1.165) is 18.5 Å². The lowest BCUT2D eigenvalue weighted by atomic mass is 9.97. The van der Waals surface area contributed by atoms with Gasteiger partial charge in [-0.1, -0.05) is 18.2 Å².